The number of esters is 1. The summed E-state index contributed by atoms with van der Waals surface area (Å²) in [5.41, 5.74) is 0.0389. The molecule has 0 amide bonds. The monoisotopic (exact) mass is 388 g/mol. The molecule has 8 atom stereocenters. The molecule has 0 saturated heterocycles. The standard InChI is InChI=1S/C24H36O4/c1-21(26)10-11-22(2)16(13-21)4-5-19-18(22)6-8-23(3)17(7-9-24(19,23)27)15-12-20(25)28-14-15/h14,16-19,26-27H,4-13H2,1-3H3/t16-,17-,18+,19-,21-,22+,23-,24+/m1/s1. The predicted octanol–water partition coefficient (Wildman–Crippen LogP) is 4.34. The van der Waals surface area contributed by atoms with Gasteiger partial charge in [0.1, 0.15) is 0 Å². The van der Waals surface area contributed by atoms with Crippen molar-refractivity contribution in [2.75, 3.05) is 0 Å². The van der Waals surface area contributed by atoms with Crippen LogP contribution < -0.4 is 0 Å². The molecule has 0 aromatic rings. The summed E-state index contributed by atoms with van der Waals surface area (Å²) >= 11 is 0. The smallest absolute Gasteiger partial charge is 0.314 e. The summed E-state index contributed by atoms with van der Waals surface area (Å²) < 4.78 is 5.14. The molecular formula is C24H36O4. The number of fused-ring (bicyclic) bond motifs is 5. The van der Waals surface area contributed by atoms with E-state index in [1.165, 1.54) is 0 Å². The van der Waals surface area contributed by atoms with Crippen LogP contribution in [0.1, 0.15) is 85.0 Å². The van der Waals surface area contributed by atoms with Gasteiger partial charge < -0.3 is 14.9 Å². The summed E-state index contributed by atoms with van der Waals surface area (Å²) in [6.45, 7) is 6.74. The highest BCUT2D eigenvalue weighted by Crippen LogP contribution is 2.70. The zero-order valence-corrected chi connectivity index (χ0v) is 17.7. The normalized spacial score (nSPS) is 55.8. The average Bonchev–Trinajstić information content (AvgIpc) is 3.16. The van der Waals surface area contributed by atoms with E-state index in [-0.39, 0.29) is 22.7 Å². The minimum absolute atomic E-state index is 0.148. The molecule has 0 aromatic heterocycles. The topological polar surface area (TPSA) is 66.8 Å². The van der Waals surface area contributed by atoms with Crippen LogP contribution in [0.15, 0.2) is 11.8 Å². The van der Waals surface area contributed by atoms with Crippen molar-refractivity contribution in [3.05, 3.63) is 11.8 Å². The molecule has 1 aliphatic heterocycles. The van der Waals surface area contributed by atoms with Crippen LogP contribution in [0.25, 0.3) is 0 Å². The lowest BCUT2D eigenvalue weighted by Crippen LogP contribution is -2.62. The van der Waals surface area contributed by atoms with Gasteiger partial charge in [-0.3, -0.25) is 4.79 Å². The maximum atomic E-state index is 12.2. The van der Waals surface area contributed by atoms with Crippen LogP contribution >= 0.6 is 0 Å². The van der Waals surface area contributed by atoms with Crippen molar-refractivity contribution in [3.8, 4) is 0 Å². The van der Waals surface area contributed by atoms with E-state index in [1.54, 1.807) is 6.26 Å². The molecule has 0 aromatic carbocycles. The fraction of sp³-hybridized carbons (Fsp3) is 0.875. The predicted molar refractivity (Wildman–Crippen MR) is 106 cm³/mol. The lowest BCUT2D eigenvalue weighted by atomic mass is 9.42. The van der Waals surface area contributed by atoms with Gasteiger partial charge in [-0.05, 0) is 99.4 Å². The molecule has 4 heteroatoms. The summed E-state index contributed by atoms with van der Waals surface area (Å²) in [5, 5.41) is 22.8. The third-order valence-electron chi connectivity index (χ3n) is 10.3. The highest BCUT2D eigenvalue weighted by Gasteiger charge is 2.68. The van der Waals surface area contributed by atoms with E-state index in [0.29, 0.717) is 24.2 Å². The van der Waals surface area contributed by atoms with Crippen LogP contribution in [0.5, 0.6) is 0 Å². The Morgan fingerprint density at radius 3 is 2.46 bits per heavy atom. The van der Waals surface area contributed by atoms with Crippen LogP contribution in [0.2, 0.25) is 0 Å². The van der Waals surface area contributed by atoms with Gasteiger partial charge in [0, 0.05) is 5.41 Å². The first-order valence-electron chi connectivity index (χ1n) is 11.4. The van der Waals surface area contributed by atoms with Crippen LogP contribution in [0.3, 0.4) is 0 Å². The van der Waals surface area contributed by atoms with Crippen LogP contribution in [-0.4, -0.2) is 27.4 Å². The van der Waals surface area contributed by atoms with Crippen molar-refractivity contribution >= 4 is 5.97 Å². The molecular weight excluding hydrogens is 352 g/mol. The van der Waals surface area contributed by atoms with Crippen molar-refractivity contribution in [2.45, 2.75) is 96.2 Å². The molecule has 28 heavy (non-hydrogen) atoms. The molecule has 5 aliphatic rings. The third-order valence-corrected chi connectivity index (χ3v) is 10.3. The molecule has 4 saturated carbocycles. The number of hydrogen-bond donors (Lipinski definition) is 2. The number of carbonyl (C=O) groups excluding carboxylic acids is 1. The van der Waals surface area contributed by atoms with Crippen molar-refractivity contribution in [2.24, 2.45) is 34.5 Å². The van der Waals surface area contributed by atoms with Gasteiger partial charge >= 0.3 is 5.97 Å². The second-order valence-electron chi connectivity index (χ2n) is 11.5. The maximum Gasteiger partial charge on any atom is 0.314 e. The Hall–Kier alpha value is -0.870. The van der Waals surface area contributed by atoms with Crippen molar-refractivity contribution in [1.82, 2.24) is 0 Å². The summed E-state index contributed by atoms with van der Waals surface area (Å²) in [5.74, 6) is 1.59. The molecule has 2 N–H and O–H groups in total. The molecule has 4 fully saturated rings. The van der Waals surface area contributed by atoms with Crippen LogP contribution in [0.4, 0.5) is 0 Å². The van der Waals surface area contributed by atoms with E-state index in [4.69, 9.17) is 4.74 Å². The summed E-state index contributed by atoms with van der Waals surface area (Å²) in [4.78, 5) is 11.7. The van der Waals surface area contributed by atoms with Crippen molar-refractivity contribution in [1.29, 1.82) is 0 Å². The Morgan fingerprint density at radius 2 is 1.75 bits per heavy atom. The van der Waals surface area contributed by atoms with E-state index in [0.717, 1.165) is 63.4 Å². The first-order valence-corrected chi connectivity index (χ1v) is 11.4. The van der Waals surface area contributed by atoms with Gasteiger partial charge in [0.15, 0.2) is 0 Å². The molecule has 4 aliphatic carbocycles. The molecule has 4 nitrogen and oxygen atoms in total. The summed E-state index contributed by atoms with van der Waals surface area (Å²) in [6, 6.07) is 0. The molecule has 0 unspecified atom stereocenters. The summed E-state index contributed by atoms with van der Waals surface area (Å²) in [7, 11) is 0. The Kier molecular flexibility index (Phi) is 3.99. The minimum atomic E-state index is -0.638. The second kappa shape index (κ2) is 5.85. The van der Waals surface area contributed by atoms with Gasteiger partial charge in [-0.15, -0.1) is 0 Å². The van der Waals surface area contributed by atoms with Gasteiger partial charge in [0.2, 0.25) is 0 Å². The van der Waals surface area contributed by atoms with E-state index >= 15 is 0 Å². The minimum Gasteiger partial charge on any atom is -0.434 e. The first kappa shape index (κ1) is 19.1. The molecule has 0 bridgehead atoms. The molecule has 156 valence electrons. The molecule has 1 heterocycles. The van der Waals surface area contributed by atoms with E-state index in [9.17, 15) is 15.0 Å². The second-order valence-corrected chi connectivity index (χ2v) is 11.5. The number of rotatable bonds is 1. The lowest BCUT2D eigenvalue weighted by Gasteiger charge is -2.64. The zero-order valence-electron chi connectivity index (χ0n) is 17.7. The van der Waals surface area contributed by atoms with Gasteiger partial charge in [-0.1, -0.05) is 13.8 Å². The fourth-order valence-electron chi connectivity index (χ4n) is 8.59. The molecule has 5 rings (SSSR count). The van der Waals surface area contributed by atoms with Crippen molar-refractivity contribution < 1.29 is 19.7 Å². The number of carbonyl (C=O) groups is 1. The number of hydrogen-bond acceptors (Lipinski definition) is 4. The third kappa shape index (κ3) is 2.40. The quantitative estimate of drug-likeness (QED) is 0.656. The Labute approximate surface area is 168 Å². The Morgan fingerprint density at radius 1 is 0.964 bits per heavy atom. The van der Waals surface area contributed by atoms with Crippen molar-refractivity contribution in [3.63, 3.8) is 0 Å². The van der Waals surface area contributed by atoms with Crippen LogP contribution in [0, 0.1) is 34.5 Å². The number of cyclic esters (lactones) is 1. The highest BCUT2D eigenvalue weighted by molar-refractivity contribution is 5.76. The van der Waals surface area contributed by atoms with Gasteiger partial charge in [0.05, 0.1) is 23.9 Å². The van der Waals surface area contributed by atoms with Gasteiger partial charge in [0.25, 0.3) is 0 Å². The molecule has 0 spiro atoms. The lowest BCUT2D eigenvalue weighted by molar-refractivity contribution is -0.213. The largest absolute Gasteiger partial charge is 0.434 e. The first-order chi connectivity index (χ1) is 13.1. The Balaban J connectivity index is 1.45. The average molecular weight is 389 g/mol. The highest BCUT2D eigenvalue weighted by atomic mass is 16.5. The van der Waals surface area contributed by atoms with E-state index < -0.39 is 11.2 Å². The fourth-order valence-corrected chi connectivity index (χ4v) is 8.59. The zero-order chi connectivity index (χ0) is 19.9. The number of aliphatic hydroxyl groups is 2. The van der Waals surface area contributed by atoms with E-state index in [1.807, 2.05) is 6.92 Å². The molecule has 0 radical (unpaired) electrons. The summed E-state index contributed by atoms with van der Waals surface area (Å²) in [6.07, 6.45) is 11.2. The maximum absolute atomic E-state index is 12.2. The van der Waals surface area contributed by atoms with Gasteiger partial charge in [-0.25, -0.2) is 0 Å². The van der Waals surface area contributed by atoms with E-state index in [2.05, 4.69) is 13.8 Å². The Bertz CT molecular complexity index is 726. The van der Waals surface area contributed by atoms with Crippen LogP contribution in [-0.2, 0) is 9.53 Å². The van der Waals surface area contributed by atoms with Gasteiger partial charge in [-0.2, -0.15) is 0 Å². The number of ether oxygens (including phenoxy) is 1. The SMILES string of the molecule is C[C@@]1(O)CC[C@@]2(C)[C@H](CC[C@@H]3[C@@H]2CC[C@]2(C)[C@@H](C4=COC(=O)C4)CC[C@]32O)C1.